The minimum atomic E-state index is -3.74. The smallest absolute Gasteiger partial charge is 0.241 e. The maximum absolute atomic E-state index is 12.7. The number of anilines is 1. The second-order valence-corrected chi connectivity index (χ2v) is 8.53. The van der Waals surface area contributed by atoms with Crippen LogP contribution in [0.4, 0.5) is 5.69 Å². The van der Waals surface area contributed by atoms with E-state index >= 15 is 0 Å². The molecule has 1 N–H and O–H groups in total. The van der Waals surface area contributed by atoms with Crippen LogP contribution < -0.4 is 9.62 Å². The van der Waals surface area contributed by atoms with Crippen molar-refractivity contribution in [1.29, 1.82) is 0 Å². The van der Waals surface area contributed by atoms with E-state index in [-0.39, 0.29) is 29.6 Å². The summed E-state index contributed by atoms with van der Waals surface area (Å²) in [6.45, 7) is 5.71. The van der Waals surface area contributed by atoms with E-state index in [1.807, 2.05) is 32.0 Å². The molecule has 1 aliphatic heterocycles. The van der Waals surface area contributed by atoms with Gasteiger partial charge in [-0.3, -0.25) is 14.5 Å². The molecular weight excluding hydrogens is 364 g/mol. The molecule has 0 unspecified atom stereocenters. The normalized spacial score (nSPS) is 16.0. The Morgan fingerprint density at radius 1 is 0.963 bits per heavy atom. The highest BCUT2D eigenvalue weighted by molar-refractivity contribution is 7.89. The molecule has 6 nitrogen and oxygen atoms in total. The summed E-state index contributed by atoms with van der Waals surface area (Å²) in [5, 5.41) is 0. The molecule has 7 heteroatoms. The first kappa shape index (κ1) is 19.3. The average molecular weight is 386 g/mol. The summed E-state index contributed by atoms with van der Waals surface area (Å²) >= 11 is 0. The third-order valence-electron chi connectivity index (χ3n) is 4.69. The first-order chi connectivity index (χ1) is 12.7. The molecule has 1 atom stereocenters. The lowest BCUT2D eigenvalue weighted by Gasteiger charge is -2.18. The van der Waals surface area contributed by atoms with Gasteiger partial charge in [-0.1, -0.05) is 23.8 Å². The molecule has 0 saturated carbocycles. The number of hydrogen-bond acceptors (Lipinski definition) is 4. The van der Waals surface area contributed by atoms with E-state index in [0.717, 1.165) is 21.6 Å². The SMILES string of the molecule is Cc1ccc(C)c([C@@H](C)NS(=O)(=O)c2ccc(N3C(=O)CCC3=O)cc2)c1. The average Bonchev–Trinajstić information content (AvgIpc) is 2.95. The third-order valence-corrected chi connectivity index (χ3v) is 6.25. The fourth-order valence-corrected chi connectivity index (χ4v) is 4.45. The second-order valence-electron chi connectivity index (χ2n) is 6.82. The molecule has 2 aromatic carbocycles. The summed E-state index contributed by atoms with van der Waals surface area (Å²) in [4.78, 5) is 24.8. The molecule has 2 amide bonds. The van der Waals surface area contributed by atoms with Crippen LogP contribution in [0.1, 0.15) is 42.5 Å². The van der Waals surface area contributed by atoms with Crippen molar-refractivity contribution in [3.05, 3.63) is 59.2 Å². The molecule has 0 radical (unpaired) electrons. The predicted octanol–water partition coefficient (Wildman–Crippen LogP) is 3.00. The molecule has 0 aromatic heterocycles. The Morgan fingerprint density at radius 2 is 1.56 bits per heavy atom. The Morgan fingerprint density at radius 3 is 2.15 bits per heavy atom. The van der Waals surface area contributed by atoms with Crippen LogP contribution in [0.2, 0.25) is 0 Å². The molecule has 0 bridgehead atoms. The van der Waals surface area contributed by atoms with Crippen molar-refractivity contribution in [2.75, 3.05) is 4.90 Å². The highest BCUT2D eigenvalue weighted by Crippen LogP contribution is 2.25. The number of carbonyl (C=O) groups is 2. The zero-order valence-corrected chi connectivity index (χ0v) is 16.3. The van der Waals surface area contributed by atoms with Crippen molar-refractivity contribution in [2.45, 2.75) is 44.6 Å². The molecule has 142 valence electrons. The van der Waals surface area contributed by atoms with E-state index in [1.165, 1.54) is 24.3 Å². The molecule has 0 aliphatic carbocycles. The molecule has 1 aliphatic rings. The van der Waals surface area contributed by atoms with Crippen LogP contribution >= 0.6 is 0 Å². The van der Waals surface area contributed by atoms with Crippen LogP contribution in [0.15, 0.2) is 47.4 Å². The van der Waals surface area contributed by atoms with E-state index in [1.54, 1.807) is 6.92 Å². The van der Waals surface area contributed by atoms with E-state index in [2.05, 4.69) is 4.72 Å². The first-order valence-corrected chi connectivity index (χ1v) is 10.2. The Bertz CT molecular complexity index is 981. The number of carbonyl (C=O) groups excluding carboxylic acids is 2. The maximum Gasteiger partial charge on any atom is 0.241 e. The van der Waals surface area contributed by atoms with Crippen molar-refractivity contribution in [3.63, 3.8) is 0 Å². The number of hydrogen-bond donors (Lipinski definition) is 1. The zero-order chi connectivity index (χ0) is 19.8. The molecular formula is C20H22N2O4S. The van der Waals surface area contributed by atoms with Gasteiger partial charge in [0.15, 0.2) is 0 Å². The zero-order valence-electron chi connectivity index (χ0n) is 15.5. The van der Waals surface area contributed by atoms with Gasteiger partial charge in [0.05, 0.1) is 10.6 Å². The van der Waals surface area contributed by atoms with Crippen LogP contribution in [0.25, 0.3) is 0 Å². The topological polar surface area (TPSA) is 83.6 Å². The van der Waals surface area contributed by atoms with Crippen molar-refractivity contribution < 1.29 is 18.0 Å². The summed E-state index contributed by atoms with van der Waals surface area (Å²) in [7, 11) is -3.74. The van der Waals surface area contributed by atoms with E-state index in [9.17, 15) is 18.0 Å². The van der Waals surface area contributed by atoms with Gasteiger partial charge in [-0.15, -0.1) is 0 Å². The molecule has 0 spiro atoms. The Balaban J connectivity index is 1.81. The summed E-state index contributed by atoms with van der Waals surface area (Å²) in [6.07, 6.45) is 0.377. The van der Waals surface area contributed by atoms with Crippen LogP contribution in [-0.4, -0.2) is 20.2 Å². The number of aryl methyl sites for hydroxylation is 2. The van der Waals surface area contributed by atoms with Crippen LogP contribution in [0, 0.1) is 13.8 Å². The lowest BCUT2D eigenvalue weighted by Crippen LogP contribution is -2.29. The number of imide groups is 1. The van der Waals surface area contributed by atoms with Gasteiger partial charge in [0, 0.05) is 18.9 Å². The molecule has 1 fully saturated rings. The third kappa shape index (κ3) is 3.94. The minimum absolute atomic E-state index is 0.0856. The summed E-state index contributed by atoms with van der Waals surface area (Å²) in [6, 6.07) is 11.3. The van der Waals surface area contributed by atoms with E-state index in [4.69, 9.17) is 0 Å². The van der Waals surface area contributed by atoms with Gasteiger partial charge >= 0.3 is 0 Å². The van der Waals surface area contributed by atoms with Crippen LogP contribution in [-0.2, 0) is 19.6 Å². The van der Waals surface area contributed by atoms with E-state index in [0.29, 0.717) is 5.69 Å². The van der Waals surface area contributed by atoms with Crippen molar-refractivity contribution in [2.24, 2.45) is 0 Å². The van der Waals surface area contributed by atoms with Crippen molar-refractivity contribution in [1.82, 2.24) is 4.72 Å². The first-order valence-electron chi connectivity index (χ1n) is 8.74. The quantitative estimate of drug-likeness (QED) is 0.801. The standard InChI is InChI=1S/C20H22N2O4S/c1-13-4-5-14(2)18(12-13)15(3)21-27(25,26)17-8-6-16(7-9-17)22-19(23)10-11-20(22)24/h4-9,12,15,21H,10-11H2,1-3H3/t15-/m1/s1. The van der Waals surface area contributed by atoms with Gasteiger partial charge in [-0.25, -0.2) is 13.1 Å². The Hall–Kier alpha value is -2.51. The second kappa shape index (κ2) is 7.25. The molecule has 1 saturated heterocycles. The van der Waals surface area contributed by atoms with E-state index < -0.39 is 16.1 Å². The van der Waals surface area contributed by atoms with Crippen LogP contribution in [0.5, 0.6) is 0 Å². The fraction of sp³-hybridized carbons (Fsp3) is 0.300. The number of nitrogens with one attached hydrogen (secondary N) is 1. The lowest BCUT2D eigenvalue weighted by molar-refractivity contribution is -0.121. The summed E-state index contributed by atoms with van der Waals surface area (Å²) < 4.78 is 28.1. The Kier molecular flexibility index (Phi) is 5.17. The molecule has 2 aromatic rings. The fourth-order valence-electron chi connectivity index (χ4n) is 3.23. The highest BCUT2D eigenvalue weighted by atomic mass is 32.2. The van der Waals surface area contributed by atoms with Gasteiger partial charge in [0.1, 0.15) is 0 Å². The minimum Gasteiger partial charge on any atom is -0.274 e. The molecule has 1 heterocycles. The van der Waals surface area contributed by atoms with Crippen molar-refractivity contribution in [3.8, 4) is 0 Å². The lowest BCUT2D eigenvalue weighted by atomic mass is 10.0. The molecule has 3 rings (SSSR count). The number of amides is 2. The van der Waals surface area contributed by atoms with Gasteiger partial charge in [0.2, 0.25) is 21.8 Å². The van der Waals surface area contributed by atoms with Gasteiger partial charge in [-0.2, -0.15) is 0 Å². The summed E-state index contributed by atoms with van der Waals surface area (Å²) in [5.41, 5.74) is 3.38. The largest absolute Gasteiger partial charge is 0.274 e. The monoisotopic (exact) mass is 386 g/mol. The van der Waals surface area contributed by atoms with Crippen molar-refractivity contribution >= 4 is 27.5 Å². The van der Waals surface area contributed by atoms with Gasteiger partial charge in [-0.05, 0) is 56.2 Å². The van der Waals surface area contributed by atoms with Gasteiger partial charge in [0.25, 0.3) is 0 Å². The van der Waals surface area contributed by atoms with Crippen LogP contribution in [0.3, 0.4) is 0 Å². The number of rotatable bonds is 5. The molecule has 27 heavy (non-hydrogen) atoms. The Labute approximate surface area is 159 Å². The summed E-state index contributed by atoms with van der Waals surface area (Å²) in [5.74, 6) is -0.533. The van der Waals surface area contributed by atoms with Gasteiger partial charge < -0.3 is 0 Å². The maximum atomic E-state index is 12.7. The number of sulfonamides is 1. The number of benzene rings is 2. The predicted molar refractivity (Wildman–Crippen MR) is 103 cm³/mol. The number of nitrogens with zero attached hydrogens (tertiary/aromatic N) is 1. The highest BCUT2D eigenvalue weighted by Gasteiger charge is 2.30.